The van der Waals surface area contributed by atoms with E-state index in [1.807, 2.05) is 32.9 Å². The maximum absolute atomic E-state index is 12.2. The Hall–Kier alpha value is -1.85. The second-order valence-electron chi connectivity index (χ2n) is 7.52. The molecule has 1 saturated heterocycles. The number of hydrogen-bond acceptors (Lipinski definition) is 6. The van der Waals surface area contributed by atoms with Crippen LogP contribution >= 0.6 is 11.6 Å². The van der Waals surface area contributed by atoms with Crippen LogP contribution in [-0.2, 0) is 4.74 Å². The van der Waals surface area contributed by atoms with E-state index in [1.54, 1.807) is 17.2 Å². The zero-order valence-corrected chi connectivity index (χ0v) is 19.0. The summed E-state index contributed by atoms with van der Waals surface area (Å²) < 4.78 is 13.6. The van der Waals surface area contributed by atoms with Crippen molar-refractivity contribution in [3.63, 3.8) is 0 Å². The third-order valence-electron chi connectivity index (χ3n) is 4.02. The van der Waals surface area contributed by atoms with Crippen LogP contribution in [0.4, 0.5) is 4.79 Å². The molecule has 1 atom stereocenters. The predicted molar refractivity (Wildman–Crippen MR) is 109 cm³/mol. The molecule has 7 nitrogen and oxygen atoms in total. The minimum atomic E-state index is -0.628. The number of likely N-dealkylation sites (tertiary alicyclic amines) is 1. The van der Waals surface area contributed by atoms with Gasteiger partial charge in [0.05, 0.1) is 0 Å². The van der Waals surface area contributed by atoms with Crippen LogP contribution in [0.3, 0.4) is 0 Å². The van der Waals surface area contributed by atoms with Gasteiger partial charge in [0.15, 0.2) is 0 Å². The van der Waals surface area contributed by atoms with E-state index in [0.29, 0.717) is 24.1 Å². The number of nitrogens with zero attached hydrogens (tertiary/aromatic N) is 4. The molecule has 9 heteroatoms. The molecular weight excluding hydrogens is 443 g/mol. The summed E-state index contributed by atoms with van der Waals surface area (Å²) in [6.45, 7) is 6.84. The molecule has 0 spiro atoms. The van der Waals surface area contributed by atoms with Gasteiger partial charge in [-0.3, -0.25) is 0 Å². The van der Waals surface area contributed by atoms with E-state index in [1.165, 1.54) is 6.33 Å². The summed E-state index contributed by atoms with van der Waals surface area (Å²) >= 11 is 5.21. The number of pyridine rings is 1. The topological polar surface area (TPSA) is 77.4 Å². The SMILES string of the molecule is CC(C)(C)OC(=O)N1CCC(Oc2cc([AsH]c3ccc(Cl)nc3)ncn2)CC1. The number of piperidine rings is 1. The van der Waals surface area contributed by atoms with Gasteiger partial charge in [0.25, 0.3) is 0 Å². The van der Waals surface area contributed by atoms with Gasteiger partial charge < -0.3 is 0 Å². The molecule has 0 saturated carbocycles. The van der Waals surface area contributed by atoms with E-state index in [9.17, 15) is 4.79 Å². The number of aromatic nitrogens is 3. The number of rotatable bonds is 4. The molecule has 0 radical (unpaired) electrons. The molecule has 3 heterocycles. The predicted octanol–water partition coefficient (Wildman–Crippen LogP) is 1.69. The molecule has 0 aliphatic carbocycles. The number of hydrogen-bond donors (Lipinski definition) is 0. The van der Waals surface area contributed by atoms with Gasteiger partial charge in [-0.25, -0.2) is 0 Å². The molecule has 2 aromatic heterocycles. The molecule has 0 bridgehead atoms. The summed E-state index contributed by atoms with van der Waals surface area (Å²) in [6.07, 6.45) is 4.58. The molecule has 1 unspecified atom stereocenters. The van der Waals surface area contributed by atoms with Gasteiger partial charge in [0.2, 0.25) is 0 Å². The summed E-state index contributed by atoms with van der Waals surface area (Å²) in [5.41, 5.74) is -0.481. The Morgan fingerprint density at radius 2 is 1.96 bits per heavy atom. The van der Waals surface area contributed by atoms with Gasteiger partial charge in [0.1, 0.15) is 0 Å². The first kappa shape index (κ1) is 20.9. The first-order valence-corrected chi connectivity index (χ1v) is 11.6. The van der Waals surface area contributed by atoms with Gasteiger partial charge in [-0.2, -0.15) is 0 Å². The van der Waals surface area contributed by atoms with Crippen molar-refractivity contribution in [2.24, 2.45) is 0 Å². The molecule has 0 N–H and O–H groups in total. The fourth-order valence-electron chi connectivity index (χ4n) is 2.72. The minimum absolute atomic E-state index is 0.0265. The molecule has 3 rings (SSSR count). The Bertz CT molecular complexity index is 806. The Morgan fingerprint density at radius 1 is 1.21 bits per heavy atom. The van der Waals surface area contributed by atoms with Crippen LogP contribution in [0.25, 0.3) is 0 Å². The second kappa shape index (κ2) is 9.10. The molecule has 1 amide bonds. The molecule has 1 fully saturated rings. The summed E-state index contributed by atoms with van der Waals surface area (Å²) in [6, 6.07) is 5.66. The quantitative estimate of drug-likeness (QED) is 0.504. The van der Waals surface area contributed by atoms with Crippen LogP contribution in [0, 0.1) is 0 Å². The number of carbonyl (C=O) groups is 1. The number of halogens is 1. The van der Waals surface area contributed by atoms with Crippen molar-refractivity contribution in [1.29, 1.82) is 0 Å². The van der Waals surface area contributed by atoms with Crippen molar-refractivity contribution in [3.05, 3.63) is 35.9 Å². The molecule has 28 heavy (non-hydrogen) atoms. The van der Waals surface area contributed by atoms with Crippen molar-refractivity contribution in [2.75, 3.05) is 13.1 Å². The molecular formula is C19H24AsClN4O3. The Kier molecular flexibility index (Phi) is 6.78. The van der Waals surface area contributed by atoms with Gasteiger partial charge in [-0.15, -0.1) is 0 Å². The first-order chi connectivity index (χ1) is 13.3. The monoisotopic (exact) mass is 466 g/mol. The van der Waals surface area contributed by atoms with Crippen LogP contribution in [0.5, 0.6) is 5.88 Å². The Balaban J connectivity index is 1.52. The van der Waals surface area contributed by atoms with Crippen LogP contribution in [0.15, 0.2) is 30.7 Å². The Labute approximate surface area is 176 Å². The molecule has 150 valence electrons. The van der Waals surface area contributed by atoms with Crippen molar-refractivity contribution < 1.29 is 14.3 Å². The average molecular weight is 467 g/mol. The third kappa shape index (κ3) is 6.35. The standard InChI is InChI=1S/C19H24AsClN4O3/c1-19(2,3)28-18(26)25-8-6-14(7-9-25)27-17-10-15(23-12-24-17)20-13-4-5-16(21)22-11-13/h4-5,10-12,14,20H,6-9H2,1-3H3. The normalized spacial score (nSPS) is 15.8. The van der Waals surface area contributed by atoms with Crippen molar-refractivity contribution in [2.45, 2.75) is 45.3 Å². The van der Waals surface area contributed by atoms with Crippen LogP contribution in [0.2, 0.25) is 5.15 Å². The van der Waals surface area contributed by atoms with Gasteiger partial charge in [-0.05, 0) is 0 Å². The summed E-state index contributed by atoms with van der Waals surface area (Å²) in [5.74, 6) is 0.575. The van der Waals surface area contributed by atoms with Crippen molar-refractivity contribution in [3.8, 4) is 5.88 Å². The zero-order valence-electron chi connectivity index (χ0n) is 16.2. The van der Waals surface area contributed by atoms with E-state index in [0.717, 1.165) is 21.7 Å². The van der Waals surface area contributed by atoms with Crippen molar-refractivity contribution >= 4 is 42.3 Å². The molecule has 0 aromatic carbocycles. The van der Waals surface area contributed by atoms with Crippen molar-refractivity contribution in [1.82, 2.24) is 19.9 Å². The third-order valence-corrected chi connectivity index (χ3v) is 6.58. The van der Waals surface area contributed by atoms with E-state index >= 15 is 0 Å². The van der Waals surface area contributed by atoms with Gasteiger partial charge in [-0.1, -0.05) is 0 Å². The number of carbonyl (C=O) groups excluding carboxylic acids is 1. The first-order valence-electron chi connectivity index (χ1n) is 9.14. The van der Waals surface area contributed by atoms with Gasteiger partial charge in [0, 0.05) is 0 Å². The number of ether oxygens (including phenoxy) is 2. The number of amides is 1. The second-order valence-corrected chi connectivity index (χ2v) is 10.7. The fraction of sp³-hybridized carbons (Fsp3) is 0.474. The Morgan fingerprint density at radius 3 is 2.61 bits per heavy atom. The molecule has 1 aliphatic rings. The summed E-state index contributed by atoms with van der Waals surface area (Å²) in [7, 11) is 0. The summed E-state index contributed by atoms with van der Waals surface area (Å²) in [5, 5.41) is 0.486. The average Bonchev–Trinajstić information content (AvgIpc) is 2.63. The van der Waals surface area contributed by atoms with E-state index in [4.69, 9.17) is 21.1 Å². The fourth-order valence-corrected chi connectivity index (χ4v) is 4.74. The van der Waals surface area contributed by atoms with E-state index in [2.05, 4.69) is 15.0 Å². The van der Waals surface area contributed by atoms with E-state index < -0.39 is 21.4 Å². The zero-order chi connectivity index (χ0) is 20.1. The molecule has 2 aromatic rings. The van der Waals surface area contributed by atoms with E-state index in [-0.39, 0.29) is 12.2 Å². The molecule has 1 aliphatic heterocycles. The maximum atomic E-state index is 12.2. The van der Waals surface area contributed by atoms with Crippen LogP contribution in [-0.4, -0.2) is 66.5 Å². The van der Waals surface area contributed by atoms with Gasteiger partial charge >= 0.3 is 177 Å². The summed E-state index contributed by atoms with van der Waals surface area (Å²) in [4.78, 5) is 26.6. The van der Waals surface area contributed by atoms with Crippen LogP contribution < -0.4 is 13.6 Å². The van der Waals surface area contributed by atoms with Crippen LogP contribution in [0.1, 0.15) is 33.6 Å².